The van der Waals surface area contributed by atoms with Crippen LogP contribution in [0.4, 0.5) is 11.4 Å². The number of amides is 1. The van der Waals surface area contributed by atoms with Crippen molar-refractivity contribution in [2.75, 3.05) is 29.0 Å². The third-order valence-electron chi connectivity index (χ3n) is 4.36. The summed E-state index contributed by atoms with van der Waals surface area (Å²) >= 11 is 0. The third kappa shape index (κ3) is 4.05. The van der Waals surface area contributed by atoms with Gasteiger partial charge in [-0.1, -0.05) is 19.1 Å². The Kier molecular flexibility index (Phi) is 5.29. The summed E-state index contributed by atoms with van der Waals surface area (Å²) in [6.45, 7) is 4.10. The molecule has 0 spiro atoms. The molecule has 2 aromatic carbocycles. The highest BCUT2D eigenvalue weighted by molar-refractivity contribution is 7.92. The van der Waals surface area contributed by atoms with Gasteiger partial charge in [-0.25, -0.2) is 8.42 Å². The molecule has 0 saturated heterocycles. The molecular weight excluding hydrogens is 350 g/mol. The van der Waals surface area contributed by atoms with E-state index in [2.05, 4.69) is 10.6 Å². The third-order valence-corrected chi connectivity index (χ3v) is 5.54. The van der Waals surface area contributed by atoms with E-state index in [1.54, 1.807) is 18.2 Å². The number of hydrogen-bond donors (Lipinski definition) is 2. The van der Waals surface area contributed by atoms with Crippen LogP contribution in [0.25, 0.3) is 0 Å². The van der Waals surface area contributed by atoms with E-state index in [9.17, 15) is 13.2 Å². The Labute approximate surface area is 154 Å². The van der Waals surface area contributed by atoms with Gasteiger partial charge in [-0.2, -0.15) is 0 Å². The lowest BCUT2D eigenvalue weighted by Gasteiger charge is -2.16. The number of carbonyl (C=O) groups excluding carboxylic acids is 1. The number of nitrogens with zero attached hydrogens (tertiary/aromatic N) is 1. The Morgan fingerprint density at radius 1 is 1.19 bits per heavy atom. The van der Waals surface area contributed by atoms with Crippen LogP contribution in [0, 0.1) is 0 Å². The van der Waals surface area contributed by atoms with Gasteiger partial charge in [0.2, 0.25) is 10.0 Å². The molecule has 0 atom stereocenters. The maximum absolute atomic E-state index is 12.6. The number of nitrogens with one attached hydrogen (secondary N) is 2. The van der Waals surface area contributed by atoms with Crippen LogP contribution in [-0.2, 0) is 23.0 Å². The van der Waals surface area contributed by atoms with Crippen LogP contribution in [0.15, 0.2) is 42.5 Å². The molecule has 1 heterocycles. The first-order valence-electron chi connectivity index (χ1n) is 8.60. The quantitative estimate of drug-likeness (QED) is 0.815. The van der Waals surface area contributed by atoms with Crippen LogP contribution in [-0.4, -0.2) is 33.7 Å². The zero-order chi connectivity index (χ0) is 18.7. The standard InChI is InChI=1S/C19H23N3O3S/c1-3-20-13-14-5-4-6-17(11-14)21-19(23)16-7-8-18-15(12-16)9-10-22(18)26(2,24)25/h4-8,11-12,20H,3,9-10,13H2,1-2H3,(H,21,23). The van der Waals surface area contributed by atoms with Crippen molar-refractivity contribution < 1.29 is 13.2 Å². The van der Waals surface area contributed by atoms with Gasteiger partial charge in [-0.05, 0) is 54.4 Å². The molecule has 1 aliphatic heterocycles. The van der Waals surface area contributed by atoms with E-state index in [0.29, 0.717) is 24.2 Å². The van der Waals surface area contributed by atoms with Gasteiger partial charge in [0, 0.05) is 24.3 Å². The lowest BCUT2D eigenvalue weighted by molar-refractivity contribution is 0.102. The number of fused-ring (bicyclic) bond motifs is 1. The van der Waals surface area contributed by atoms with Crippen molar-refractivity contribution in [2.45, 2.75) is 19.9 Å². The van der Waals surface area contributed by atoms with E-state index < -0.39 is 10.0 Å². The van der Waals surface area contributed by atoms with Crippen molar-refractivity contribution in [2.24, 2.45) is 0 Å². The zero-order valence-corrected chi connectivity index (χ0v) is 15.8. The second-order valence-corrected chi connectivity index (χ2v) is 8.27. The highest BCUT2D eigenvalue weighted by Crippen LogP contribution is 2.30. The first-order valence-corrected chi connectivity index (χ1v) is 10.4. The summed E-state index contributed by atoms with van der Waals surface area (Å²) < 4.78 is 25.0. The number of hydrogen-bond acceptors (Lipinski definition) is 4. The topological polar surface area (TPSA) is 78.5 Å². The zero-order valence-electron chi connectivity index (χ0n) is 15.0. The summed E-state index contributed by atoms with van der Waals surface area (Å²) in [5, 5.41) is 6.16. The molecule has 0 unspecified atom stereocenters. The van der Waals surface area contributed by atoms with E-state index in [4.69, 9.17) is 0 Å². The van der Waals surface area contributed by atoms with E-state index in [1.165, 1.54) is 10.6 Å². The van der Waals surface area contributed by atoms with Crippen molar-refractivity contribution >= 4 is 27.3 Å². The summed E-state index contributed by atoms with van der Waals surface area (Å²) in [6.07, 6.45) is 1.81. The molecular formula is C19H23N3O3S. The van der Waals surface area contributed by atoms with Gasteiger partial charge in [0.15, 0.2) is 0 Å². The Balaban J connectivity index is 1.76. The second kappa shape index (κ2) is 7.47. The van der Waals surface area contributed by atoms with Crippen molar-refractivity contribution in [1.82, 2.24) is 5.32 Å². The fourth-order valence-electron chi connectivity index (χ4n) is 3.09. The molecule has 0 aromatic heterocycles. The molecule has 3 rings (SSSR count). The number of rotatable bonds is 6. The van der Waals surface area contributed by atoms with Gasteiger partial charge < -0.3 is 10.6 Å². The Hall–Kier alpha value is -2.38. The van der Waals surface area contributed by atoms with Gasteiger partial charge in [-0.3, -0.25) is 9.10 Å². The predicted octanol–water partition coefficient (Wildman–Crippen LogP) is 2.37. The Morgan fingerprint density at radius 3 is 2.73 bits per heavy atom. The van der Waals surface area contributed by atoms with E-state index in [1.807, 2.05) is 31.2 Å². The van der Waals surface area contributed by atoms with Crippen LogP contribution < -0.4 is 14.9 Å². The van der Waals surface area contributed by atoms with Crippen LogP contribution in [0.2, 0.25) is 0 Å². The normalized spacial score (nSPS) is 13.5. The van der Waals surface area contributed by atoms with Gasteiger partial charge in [0.25, 0.3) is 5.91 Å². The molecule has 1 aliphatic rings. The van der Waals surface area contributed by atoms with Crippen molar-refractivity contribution in [3.8, 4) is 0 Å². The molecule has 1 amide bonds. The minimum atomic E-state index is -3.28. The molecule has 7 heteroatoms. The summed E-state index contributed by atoms with van der Waals surface area (Å²) in [4.78, 5) is 12.6. The maximum Gasteiger partial charge on any atom is 0.255 e. The van der Waals surface area contributed by atoms with Gasteiger partial charge in [-0.15, -0.1) is 0 Å². The minimum Gasteiger partial charge on any atom is -0.322 e. The van der Waals surface area contributed by atoms with Crippen molar-refractivity contribution in [3.05, 3.63) is 59.2 Å². The molecule has 138 valence electrons. The number of benzene rings is 2. The second-order valence-electron chi connectivity index (χ2n) is 6.36. The molecule has 26 heavy (non-hydrogen) atoms. The smallest absolute Gasteiger partial charge is 0.255 e. The average Bonchev–Trinajstić information content (AvgIpc) is 3.03. The van der Waals surface area contributed by atoms with Crippen LogP contribution in [0.5, 0.6) is 0 Å². The summed E-state index contributed by atoms with van der Waals surface area (Å²) in [5.74, 6) is -0.203. The first kappa shape index (κ1) is 18.4. The average molecular weight is 373 g/mol. The molecule has 6 nitrogen and oxygen atoms in total. The van der Waals surface area contributed by atoms with Crippen molar-refractivity contribution in [1.29, 1.82) is 0 Å². The lowest BCUT2D eigenvalue weighted by Crippen LogP contribution is -2.27. The highest BCUT2D eigenvalue weighted by atomic mass is 32.2. The fourth-order valence-corrected chi connectivity index (χ4v) is 4.05. The minimum absolute atomic E-state index is 0.203. The monoisotopic (exact) mass is 373 g/mol. The maximum atomic E-state index is 12.6. The van der Waals surface area contributed by atoms with Gasteiger partial charge in [0.05, 0.1) is 11.9 Å². The van der Waals surface area contributed by atoms with E-state index >= 15 is 0 Å². The fraction of sp³-hybridized carbons (Fsp3) is 0.316. The van der Waals surface area contributed by atoms with Gasteiger partial charge in [0.1, 0.15) is 0 Å². The van der Waals surface area contributed by atoms with Crippen LogP contribution >= 0.6 is 0 Å². The first-order chi connectivity index (χ1) is 12.4. The molecule has 0 bridgehead atoms. The molecule has 0 aliphatic carbocycles. The number of sulfonamides is 1. The number of carbonyl (C=O) groups is 1. The van der Waals surface area contributed by atoms with Crippen molar-refractivity contribution in [3.63, 3.8) is 0 Å². The highest BCUT2D eigenvalue weighted by Gasteiger charge is 2.26. The van der Waals surface area contributed by atoms with Crippen LogP contribution in [0.3, 0.4) is 0 Å². The molecule has 0 fully saturated rings. The Bertz CT molecular complexity index is 925. The van der Waals surface area contributed by atoms with Gasteiger partial charge >= 0.3 is 0 Å². The molecule has 2 N–H and O–H groups in total. The molecule has 0 saturated carbocycles. The molecule has 2 aromatic rings. The predicted molar refractivity (Wildman–Crippen MR) is 104 cm³/mol. The summed E-state index contributed by atoms with van der Waals surface area (Å²) in [7, 11) is -3.28. The van der Waals surface area contributed by atoms with E-state index in [0.717, 1.165) is 29.9 Å². The largest absolute Gasteiger partial charge is 0.322 e. The SMILES string of the molecule is CCNCc1cccc(NC(=O)c2ccc3c(c2)CCN3S(C)(=O)=O)c1. The summed E-state index contributed by atoms with van der Waals surface area (Å²) in [6, 6.07) is 12.9. The number of anilines is 2. The molecule has 0 radical (unpaired) electrons. The lowest BCUT2D eigenvalue weighted by atomic mass is 10.1. The van der Waals surface area contributed by atoms with Crippen LogP contribution in [0.1, 0.15) is 28.4 Å². The Morgan fingerprint density at radius 2 is 2.00 bits per heavy atom. The summed E-state index contributed by atoms with van der Waals surface area (Å²) in [5.41, 5.74) is 3.91. The van der Waals surface area contributed by atoms with E-state index in [-0.39, 0.29) is 5.91 Å².